The van der Waals surface area contributed by atoms with E-state index in [0.29, 0.717) is 43.5 Å². The Hall–Kier alpha value is -3.74. The van der Waals surface area contributed by atoms with Gasteiger partial charge in [0, 0.05) is 23.4 Å². The number of pyridine rings is 1. The molecule has 4 rings (SSSR count). The summed E-state index contributed by atoms with van der Waals surface area (Å²) in [4.78, 5) is 41.1. The Labute approximate surface area is 205 Å². The number of ketones is 1. The quantitative estimate of drug-likeness (QED) is 0.181. The second-order valence-electron chi connectivity index (χ2n) is 7.32. The van der Waals surface area contributed by atoms with Crippen molar-refractivity contribution in [3.05, 3.63) is 94.0 Å². The van der Waals surface area contributed by atoms with E-state index in [1.807, 2.05) is 6.07 Å². The van der Waals surface area contributed by atoms with E-state index in [1.54, 1.807) is 42.5 Å². The van der Waals surface area contributed by atoms with Crippen LogP contribution in [0.1, 0.15) is 27.6 Å². The Morgan fingerprint density at radius 3 is 2.32 bits per heavy atom. The van der Waals surface area contributed by atoms with Crippen LogP contribution in [0.2, 0.25) is 10.0 Å². The summed E-state index contributed by atoms with van der Waals surface area (Å²) in [5.41, 5.74) is 2.37. The molecule has 0 saturated heterocycles. The van der Waals surface area contributed by atoms with E-state index in [2.05, 4.69) is 4.98 Å². The zero-order valence-electron chi connectivity index (χ0n) is 17.9. The van der Waals surface area contributed by atoms with E-state index in [-0.39, 0.29) is 5.56 Å². The van der Waals surface area contributed by atoms with Crippen molar-refractivity contribution in [1.29, 1.82) is 0 Å². The summed E-state index contributed by atoms with van der Waals surface area (Å²) in [6, 6.07) is 19.8. The van der Waals surface area contributed by atoms with Crippen LogP contribution in [0.3, 0.4) is 0 Å². The number of benzene rings is 3. The molecular weight excluding hydrogens is 477 g/mol. The average Bonchev–Trinajstić information content (AvgIpc) is 2.83. The lowest BCUT2D eigenvalue weighted by Crippen LogP contribution is -2.15. The average molecular weight is 494 g/mol. The molecule has 0 amide bonds. The summed E-state index contributed by atoms with van der Waals surface area (Å²) in [6.07, 6.45) is 0. The maximum Gasteiger partial charge on any atom is 0.339 e. The van der Waals surface area contributed by atoms with Gasteiger partial charge in [-0.25, -0.2) is 9.78 Å². The molecule has 34 heavy (non-hydrogen) atoms. The molecule has 0 atom stereocenters. The molecule has 0 saturated carbocycles. The Morgan fingerprint density at radius 2 is 1.62 bits per heavy atom. The summed E-state index contributed by atoms with van der Waals surface area (Å²) in [7, 11) is 0. The topological polar surface area (TPSA) is 82.6 Å². The van der Waals surface area contributed by atoms with Gasteiger partial charge in [0.2, 0.25) is 0 Å². The molecule has 4 aromatic rings. The summed E-state index contributed by atoms with van der Waals surface area (Å²) >= 11 is 12.2. The Morgan fingerprint density at radius 1 is 0.882 bits per heavy atom. The molecule has 0 unspecified atom stereocenters. The van der Waals surface area contributed by atoms with Crippen LogP contribution in [-0.4, -0.2) is 29.3 Å². The largest absolute Gasteiger partial charge is 0.454 e. The van der Waals surface area contributed by atoms with Gasteiger partial charge in [0.1, 0.15) is 5.75 Å². The molecule has 170 valence electrons. The Kier molecular flexibility index (Phi) is 6.91. The van der Waals surface area contributed by atoms with Crippen LogP contribution in [0.15, 0.2) is 72.8 Å². The van der Waals surface area contributed by atoms with Gasteiger partial charge in [-0.3, -0.25) is 9.59 Å². The minimum atomic E-state index is -0.662. The highest BCUT2D eigenvalue weighted by atomic mass is 35.5. The highest BCUT2D eigenvalue weighted by molar-refractivity contribution is 6.42. The number of Topliss-reactive ketones (excluding diaryl/α,β-unsaturated/α-hetero) is 1. The fourth-order valence-electron chi connectivity index (χ4n) is 3.31. The van der Waals surface area contributed by atoms with E-state index in [1.165, 1.54) is 31.2 Å². The zero-order chi connectivity index (χ0) is 24.2. The molecule has 0 bridgehead atoms. The van der Waals surface area contributed by atoms with Crippen LogP contribution in [-0.2, 0) is 9.53 Å². The number of carbonyl (C=O) groups is 3. The minimum Gasteiger partial charge on any atom is -0.454 e. The normalized spacial score (nSPS) is 10.7. The maximum absolute atomic E-state index is 13.0. The number of esters is 2. The number of fused-ring (bicyclic) bond motifs is 1. The van der Waals surface area contributed by atoms with Crippen LogP contribution in [0.4, 0.5) is 0 Å². The first-order valence-electron chi connectivity index (χ1n) is 10.2. The summed E-state index contributed by atoms with van der Waals surface area (Å²) in [5, 5.41) is 1.36. The highest BCUT2D eigenvalue weighted by Gasteiger charge is 2.18. The number of para-hydroxylation sites is 1. The molecule has 6 nitrogen and oxygen atoms in total. The number of rotatable bonds is 6. The lowest BCUT2D eigenvalue weighted by molar-refractivity contribution is -0.131. The predicted molar refractivity (Wildman–Crippen MR) is 130 cm³/mol. The van der Waals surface area contributed by atoms with E-state index >= 15 is 0 Å². The molecule has 0 aliphatic carbocycles. The minimum absolute atomic E-state index is 0.268. The van der Waals surface area contributed by atoms with Gasteiger partial charge in [0.15, 0.2) is 12.4 Å². The van der Waals surface area contributed by atoms with Crippen molar-refractivity contribution in [3.63, 3.8) is 0 Å². The number of nitrogens with zero attached hydrogens (tertiary/aromatic N) is 1. The Balaban J connectivity index is 1.57. The molecule has 0 radical (unpaired) electrons. The van der Waals surface area contributed by atoms with Gasteiger partial charge in [-0.2, -0.15) is 0 Å². The van der Waals surface area contributed by atoms with E-state index in [0.717, 1.165) is 0 Å². The van der Waals surface area contributed by atoms with Gasteiger partial charge in [-0.1, -0.05) is 47.5 Å². The molecular formula is C26H17Cl2NO5. The first-order valence-corrected chi connectivity index (χ1v) is 10.9. The van der Waals surface area contributed by atoms with Crippen molar-refractivity contribution >= 4 is 51.8 Å². The van der Waals surface area contributed by atoms with Gasteiger partial charge in [0.05, 0.1) is 26.8 Å². The number of hydrogen-bond acceptors (Lipinski definition) is 6. The third-order valence-electron chi connectivity index (χ3n) is 4.92. The van der Waals surface area contributed by atoms with Crippen molar-refractivity contribution in [2.75, 3.05) is 6.61 Å². The van der Waals surface area contributed by atoms with Gasteiger partial charge < -0.3 is 9.47 Å². The number of aromatic nitrogens is 1. The van der Waals surface area contributed by atoms with Gasteiger partial charge in [-0.15, -0.1) is 0 Å². The van der Waals surface area contributed by atoms with Crippen molar-refractivity contribution in [2.24, 2.45) is 0 Å². The third kappa shape index (κ3) is 5.25. The standard InChI is InChI=1S/C26H17Cl2NO5/c1-15(30)34-18-9-6-16(7-10-18)25(31)14-33-26(32)20-13-24(17-8-11-21(27)22(28)12-17)29-23-5-3-2-4-19(20)23/h2-13H,14H2,1H3. The second-order valence-corrected chi connectivity index (χ2v) is 8.13. The van der Waals surface area contributed by atoms with Crippen molar-refractivity contribution in [1.82, 2.24) is 4.98 Å². The molecule has 0 aliphatic rings. The van der Waals surface area contributed by atoms with Gasteiger partial charge in [-0.05, 0) is 48.5 Å². The molecule has 1 heterocycles. The van der Waals surface area contributed by atoms with Crippen LogP contribution >= 0.6 is 23.2 Å². The zero-order valence-corrected chi connectivity index (χ0v) is 19.4. The van der Waals surface area contributed by atoms with E-state index in [4.69, 9.17) is 32.7 Å². The number of halogens is 2. The number of ether oxygens (including phenoxy) is 2. The molecule has 0 aliphatic heterocycles. The van der Waals surface area contributed by atoms with Gasteiger partial charge in [0.25, 0.3) is 0 Å². The maximum atomic E-state index is 13.0. The fraction of sp³-hybridized carbons (Fsp3) is 0.0769. The molecule has 3 aromatic carbocycles. The molecule has 8 heteroatoms. The molecule has 1 aromatic heterocycles. The van der Waals surface area contributed by atoms with Crippen molar-refractivity contribution in [2.45, 2.75) is 6.92 Å². The van der Waals surface area contributed by atoms with E-state index in [9.17, 15) is 14.4 Å². The second kappa shape index (κ2) is 10.0. The monoisotopic (exact) mass is 493 g/mol. The van der Waals surface area contributed by atoms with Crippen LogP contribution in [0.25, 0.3) is 22.2 Å². The van der Waals surface area contributed by atoms with Crippen LogP contribution < -0.4 is 4.74 Å². The first kappa shape index (κ1) is 23.4. The lowest BCUT2D eigenvalue weighted by atomic mass is 10.0. The molecule has 0 fully saturated rings. The van der Waals surface area contributed by atoms with E-state index < -0.39 is 24.3 Å². The number of hydrogen-bond donors (Lipinski definition) is 0. The van der Waals surface area contributed by atoms with Gasteiger partial charge >= 0.3 is 11.9 Å². The first-order chi connectivity index (χ1) is 16.3. The number of carbonyl (C=O) groups excluding carboxylic acids is 3. The smallest absolute Gasteiger partial charge is 0.339 e. The summed E-state index contributed by atoms with van der Waals surface area (Å²) in [5.74, 6) is -1.20. The predicted octanol–water partition coefficient (Wildman–Crippen LogP) is 6.17. The summed E-state index contributed by atoms with van der Waals surface area (Å²) in [6.45, 7) is 0.832. The fourth-order valence-corrected chi connectivity index (χ4v) is 3.61. The third-order valence-corrected chi connectivity index (χ3v) is 5.66. The lowest BCUT2D eigenvalue weighted by Gasteiger charge is -2.11. The van der Waals surface area contributed by atoms with Crippen LogP contribution in [0.5, 0.6) is 5.75 Å². The molecule has 0 spiro atoms. The van der Waals surface area contributed by atoms with Crippen molar-refractivity contribution in [3.8, 4) is 17.0 Å². The van der Waals surface area contributed by atoms with Crippen LogP contribution in [0, 0.1) is 0 Å². The highest BCUT2D eigenvalue weighted by Crippen LogP contribution is 2.30. The summed E-state index contributed by atoms with van der Waals surface area (Å²) < 4.78 is 10.3. The van der Waals surface area contributed by atoms with Crippen molar-refractivity contribution < 1.29 is 23.9 Å². The Bertz CT molecular complexity index is 1420. The molecule has 0 N–H and O–H groups in total. The SMILES string of the molecule is CC(=O)Oc1ccc(C(=O)COC(=O)c2cc(-c3ccc(Cl)c(Cl)c3)nc3ccccc23)cc1.